The van der Waals surface area contributed by atoms with Gasteiger partial charge in [0.05, 0.1) is 29.9 Å². The molecule has 134 heavy (non-hydrogen) atoms. The third kappa shape index (κ3) is 21.5. The van der Waals surface area contributed by atoms with Gasteiger partial charge in [-0.25, -0.2) is 4.79 Å². The van der Waals surface area contributed by atoms with Crippen LogP contribution in [-0.4, -0.2) is 254 Å². The number of aliphatic hydroxyl groups excluding tert-OH is 10. The van der Waals surface area contributed by atoms with Crippen molar-refractivity contribution in [2.75, 3.05) is 19.8 Å². The van der Waals surface area contributed by atoms with Gasteiger partial charge < -0.3 is 167 Å². The van der Waals surface area contributed by atoms with Crippen molar-refractivity contribution >= 4 is 76.4 Å². The first-order valence-corrected chi connectivity index (χ1v) is 43.9. The molecule has 718 valence electrons. The molecule has 16 rings (SSSR count). The standard InChI is InChI=1S/C90H101Cl2N9O33/c1-3-4-5-6-7-8-9-10-11-12-62(110)96-70-76(115)73(112)60(34-103)131-89(70)134-80-57-28-42-29-58(80)128-54-20-16-40(26-49(54)92)79(133-88-69(94-36(2)105)75(114)72(111)59(33-102)130-88)71-86(123)100-68(87(124)125)47-31-44(107)32-56(129-90-78(117)77(116)74(113)61(35-104)132-90)63(47)46-25-39(15-17-51(46)108)65(83(120)101-71)98-85(122)67(42)99-84(121)66-41-23-43(106)30-45(24-41)126-55-27-38(14-18-52(55)109)64(93)82(119)95-50(81(118)97-66)22-37-13-19-53(127-57)48(91)21-37/h13-21,23-32,50,59-61,64-79,88-90,102-104,106-109,111-117H,3-12,22,33-35,93H2,1-2H3,(H,94,105)(H,95,119)(H,96,110)(H,97,118)(H,98,122)(H,99,121)(H,100,123)(H,101,120)(H,124,125)/t50-,59?,60?,61?,64-,65-,66+,67-,68+,69+,70?,71+,72-,73-,74-,75?,76-,77-,78?,79-,88+,89+,90+/m1/s1. The Morgan fingerprint density at radius 2 is 1.01 bits per heavy atom. The quantitative estimate of drug-likeness (QED) is 0.0431. The Kier molecular flexibility index (Phi) is 30.9. The number of phenolic OH excluding ortho intramolecular Hbond substituents is 4. The topological polar surface area (TPSA) is 662 Å². The minimum Gasteiger partial charge on any atom is -0.508 e. The maximum atomic E-state index is 17.0. The number of aromatic hydroxyl groups is 4. The van der Waals surface area contributed by atoms with E-state index in [1.807, 2.05) is 0 Å². The number of hydrogen-bond donors (Lipinski definition) is 24. The van der Waals surface area contributed by atoms with Crippen molar-refractivity contribution in [3.63, 3.8) is 0 Å². The normalized spacial score (nSPS) is 28.6. The van der Waals surface area contributed by atoms with Gasteiger partial charge in [-0.2, -0.15) is 0 Å². The number of halogens is 2. The Balaban J connectivity index is 1.02. The molecule has 7 aromatic carbocycles. The third-order valence-electron chi connectivity index (χ3n) is 24.0. The summed E-state index contributed by atoms with van der Waals surface area (Å²) in [5.74, 6) is -19.5. The fourth-order valence-corrected chi connectivity index (χ4v) is 17.3. The van der Waals surface area contributed by atoms with Crippen LogP contribution < -0.4 is 72.0 Å². The molecule has 17 bridgehead atoms. The summed E-state index contributed by atoms with van der Waals surface area (Å²) < 4.78 is 57.5. The molecule has 44 heteroatoms. The van der Waals surface area contributed by atoms with E-state index in [1.54, 1.807) is 0 Å². The van der Waals surface area contributed by atoms with Gasteiger partial charge in [0.25, 0.3) is 0 Å². The average molecular weight is 1910 g/mol. The lowest BCUT2D eigenvalue weighted by Gasteiger charge is -2.44. The van der Waals surface area contributed by atoms with Gasteiger partial charge in [-0.05, 0) is 119 Å². The van der Waals surface area contributed by atoms with E-state index < -0.39 is 316 Å². The number of nitrogens with one attached hydrogen (secondary N) is 8. The highest BCUT2D eigenvalue weighted by Crippen LogP contribution is 2.51. The van der Waals surface area contributed by atoms with Crippen molar-refractivity contribution in [1.82, 2.24) is 42.5 Å². The second-order valence-electron chi connectivity index (χ2n) is 33.4. The van der Waals surface area contributed by atoms with Crippen LogP contribution in [0.15, 0.2) is 115 Å². The first-order valence-electron chi connectivity index (χ1n) is 43.1. The Bertz CT molecular complexity index is 5580. The number of nitrogens with two attached hydrogens (primary N) is 1. The van der Waals surface area contributed by atoms with Crippen molar-refractivity contribution < 1.29 is 162 Å². The maximum Gasteiger partial charge on any atom is 0.330 e. The van der Waals surface area contributed by atoms with E-state index in [0.29, 0.717) is 12.8 Å². The Labute approximate surface area is 772 Å². The zero-order chi connectivity index (χ0) is 96.1. The molecule has 0 aliphatic carbocycles. The highest BCUT2D eigenvalue weighted by molar-refractivity contribution is 6.32. The van der Waals surface area contributed by atoms with Crippen molar-refractivity contribution in [2.45, 2.75) is 225 Å². The number of benzene rings is 7. The third-order valence-corrected chi connectivity index (χ3v) is 24.5. The van der Waals surface area contributed by atoms with Crippen molar-refractivity contribution in [3.05, 3.63) is 164 Å². The smallest absolute Gasteiger partial charge is 0.330 e. The maximum absolute atomic E-state index is 17.0. The molecule has 9 aliphatic heterocycles. The number of carboxylic acid groups (broad SMARTS) is 1. The Morgan fingerprint density at radius 3 is 1.63 bits per heavy atom. The number of carboxylic acids is 1. The zero-order valence-electron chi connectivity index (χ0n) is 71.5. The molecule has 0 radical (unpaired) electrons. The van der Waals surface area contributed by atoms with Gasteiger partial charge >= 0.3 is 5.97 Å². The molecule has 8 amide bonds. The lowest BCUT2D eigenvalue weighted by molar-refractivity contribution is -0.284. The molecule has 23 atom stereocenters. The molecule has 0 spiro atoms. The number of ether oxygens (including phenoxy) is 9. The summed E-state index contributed by atoms with van der Waals surface area (Å²) in [6, 6.07) is 0.714. The van der Waals surface area contributed by atoms with Crippen LogP contribution in [0.1, 0.15) is 153 Å². The molecule has 3 fully saturated rings. The number of amides is 8. The first kappa shape index (κ1) is 98.0. The number of phenols is 4. The number of aliphatic hydroxyl groups is 10. The van der Waals surface area contributed by atoms with Crippen LogP contribution in [0.3, 0.4) is 0 Å². The molecule has 3 saturated heterocycles. The van der Waals surface area contributed by atoms with Gasteiger partial charge in [-0.3, -0.25) is 38.4 Å². The van der Waals surface area contributed by atoms with Crippen LogP contribution in [-0.2, 0) is 68.5 Å². The highest BCUT2D eigenvalue weighted by Gasteiger charge is 2.52. The van der Waals surface area contributed by atoms with Crippen LogP contribution in [0.2, 0.25) is 10.0 Å². The zero-order valence-corrected chi connectivity index (χ0v) is 73.1. The summed E-state index contributed by atoms with van der Waals surface area (Å²) in [4.78, 5) is 139. The predicted octanol–water partition coefficient (Wildman–Crippen LogP) is 1.94. The number of aliphatic carboxylic acids is 1. The van der Waals surface area contributed by atoms with Crippen molar-refractivity contribution in [3.8, 4) is 80.1 Å². The SMILES string of the molecule is CCCCCCCCCCCC(=O)NC1[C@H](Oc2c3cc4cc2Oc2ccc(cc2Cl)[C@@H](O[C@@H]2OC(CO)[C@@H](O)C(O)[C@@H]2NC(C)=O)[C@@H]2NC(=O)[C@H](NC(=O)[C@@H]4NC(=O)[C@H]4NC(=O)[C@@H](Cc5ccc(c(Cl)c5)O3)NC(=O)[C@H](N)c3ccc(O)c(c3)Oc3cc(O)cc4c3)c3ccc(O)c(c3)-c3c(O[C@H]4OC(CO)[C@@H](O)[C@@H](O)C4O)cc(O)cc3[C@@H](C(=O)O)NC2=O)OC(CO)[C@@H](O)[C@@H]1O. The predicted molar refractivity (Wildman–Crippen MR) is 462 cm³/mol. The molecular formula is C90H101Cl2N9O33. The summed E-state index contributed by atoms with van der Waals surface area (Å²) in [6.07, 6.45) is -21.5. The number of rotatable bonds is 22. The number of carbonyl (C=O) groups is 9. The number of unbranched alkanes of at least 4 members (excludes halogenated alkanes) is 8. The first-order chi connectivity index (χ1) is 64.0. The fraction of sp³-hybridized carbons (Fsp3) is 0.433. The van der Waals surface area contributed by atoms with Crippen LogP contribution in [0.25, 0.3) is 11.1 Å². The van der Waals surface area contributed by atoms with E-state index in [1.165, 1.54) is 30.3 Å². The van der Waals surface area contributed by atoms with E-state index >= 15 is 24.0 Å². The average Bonchev–Trinajstić information content (AvgIpc) is 0.750. The van der Waals surface area contributed by atoms with E-state index in [0.717, 1.165) is 137 Å². The Hall–Kier alpha value is -12.1. The minimum absolute atomic E-state index is 0.0277. The van der Waals surface area contributed by atoms with Crippen LogP contribution >= 0.6 is 23.2 Å². The summed E-state index contributed by atoms with van der Waals surface area (Å²) in [5, 5.41) is 190. The van der Waals surface area contributed by atoms with Gasteiger partial charge in [0.1, 0.15) is 156 Å². The van der Waals surface area contributed by atoms with Gasteiger partial charge in [-0.1, -0.05) is 106 Å². The molecule has 0 saturated carbocycles. The molecule has 25 N–H and O–H groups in total. The van der Waals surface area contributed by atoms with E-state index in [9.17, 15) is 95.8 Å². The van der Waals surface area contributed by atoms with Crippen LogP contribution in [0, 0.1) is 0 Å². The molecule has 6 unspecified atom stereocenters. The molecule has 9 aliphatic rings. The fourth-order valence-electron chi connectivity index (χ4n) is 16.9. The van der Waals surface area contributed by atoms with Crippen LogP contribution in [0.5, 0.6) is 69.0 Å². The summed E-state index contributed by atoms with van der Waals surface area (Å²) in [5.41, 5.74) is 2.81. The van der Waals surface area contributed by atoms with Crippen LogP contribution in [0.4, 0.5) is 0 Å². The molecular weight excluding hydrogens is 1810 g/mol. The summed E-state index contributed by atoms with van der Waals surface area (Å²) in [7, 11) is 0. The number of hydrogen-bond acceptors (Lipinski definition) is 33. The minimum atomic E-state index is -2.59. The van der Waals surface area contributed by atoms with Gasteiger partial charge in [-0.15, -0.1) is 0 Å². The lowest BCUT2D eigenvalue weighted by atomic mass is 9.89. The second-order valence-corrected chi connectivity index (χ2v) is 34.2. The second kappa shape index (κ2) is 42.3. The molecule has 7 aromatic rings. The molecule has 0 aromatic heterocycles. The van der Waals surface area contributed by atoms with Crippen molar-refractivity contribution in [2.24, 2.45) is 5.73 Å². The van der Waals surface area contributed by atoms with Gasteiger partial charge in [0.2, 0.25) is 65.6 Å². The van der Waals surface area contributed by atoms with E-state index in [-0.39, 0.29) is 39.8 Å². The van der Waals surface area contributed by atoms with Gasteiger partial charge in [0.15, 0.2) is 35.3 Å². The van der Waals surface area contributed by atoms with E-state index in [4.69, 9.17) is 71.6 Å². The largest absolute Gasteiger partial charge is 0.508 e. The molecule has 42 nitrogen and oxygen atoms in total. The molecule has 9 heterocycles. The monoisotopic (exact) mass is 1910 g/mol. The van der Waals surface area contributed by atoms with Gasteiger partial charge in [0, 0.05) is 48.6 Å². The highest BCUT2D eigenvalue weighted by atomic mass is 35.5. The van der Waals surface area contributed by atoms with Crippen molar-refractivity contribution in [1.29, 1.82) is 0 Å². The Morgan fingerprint density at radius 1 is 0.478 bits per heavy atom. The number of carbonyl (C=O) groups excluding carboxylic acids is 8. The summed E-state index contributed by atoms with van der Waals surface area (Å²) >= 11 is 14.7. The number of fused-ring (bicyclic) bond motifs is 14. The summed E-state index contributed by atoms with van der Waals surface area (Å²) in [6.45, 7) is -0.0602. The van der Waals surface area contributed by atoms with E-state index in [2.05, 4.69) is 49.5 Å². The lowest BCUT2D eigenvalue weighted by Crippen LogP contribution is -2.65.